The van der Waals surface area contributed by atoms with Crippen LogP contribution in [0.5, 0.6) is 5.75 Å². The Bertz CT molecular complexity index is 1240. The molecule has 0 bridgehead atoms. The average molecular weight is 420 g/mol. The number of benzene rings is 2. The molecule has 144 valence electrons. The van der Waals surface area contributed by atoms with Gasteiger partial charge in [-0.05, 0) is 42.8 Å². The van der Waals surface area contributed by atoms with E-state index in [1.807, 2.05) is 40.9 Å². The van der Waals surface area contributed by atoms with Gasteiger partial charge in [-0.3, -0.25) is 4.79 Å². The fraction of sp³-hybridized carbons (Fsp3) is 0.136. The van der Waals surface area contributed by atoms with Gasteiger partial charge in [-0.25, -0.2) is 9.50 Å². The van der Waals surface area contributed by atoms with Gasteiger partial charge in [0.2, 0.25) is 0 Å². The second kappa shape index (κ2) is 7.57. The van der Waals surface area contributed by atoms with Gasteiger partial charge < -0.3 is 4.74 Å². The first-order valence-corrected chi connectivity index (χ1v) is 11.1. The first kappa shape index (κ1) is 18.3. The molecule has 0 fully saturated rings. The molecule has 0 spiro atoms. The van der Waals surface area contributed by atoms with Gasteiger partial charge in [0.15, 0.2) is 11.4 Å². The van der Waals surface area contributed by atoms with E-state index in [1.54, 1.807) is 36.6 Å². The normalized spacial score (nSPS) is 12.7. The number of aromatic nitrogens is 3. The Morgan fingerprint density at radius 3 is 3.03 bits per heavy atom. The topological polar surface area (TPSA) is 56.5 Å². The van der Waals surface area contributed by atoms with E-state index in [2.05, 4.69) is 23.2 Å². The van der Waals surface area contributed by atoms with Crippen LogP contribution in [0.4, 0.5) is 0 Å². The van der Waals surface area contributed by atoms with Gasteiger partial charge in [-0.2, -0.15) is 5.10 Å². The van der Waals surface area contributed by atoms with Crippen molar-refractivity contribution in [2.75, 3.05) is 5.94 Å². The maximum atomic E-state index is 11.7. The number of imidazole rings is 1. The Hall–Kier alpha value is -2.77. The molecule has 0 unspecified atom stereocenters. The van der Waals surface area contributed by atoms with Crippen LogP contribution in [-0.4, -0.2) is 26.3 Å². The Kier molecular flexibility index (Phi) is 4.77. The van der Waals surface area contributed by atoms with Gasteiger partial charge >= 0.3 is 0 Å². The van der Waals surface area contributed by atoms with E-state index < -0.39 is 0 Å². The molecule has 5 nitrogen and oxygen atoms in total. The van der Waals surface area contributed by atoms with Crippen LogP contribution >= 0.6 is 23.5 Å². The summed E-state index contributed by atoms with van der Waals surface area (Å²) in [6.45, 7) is 1.57. The summed E-state index contributed by atoms with van der Waals surface area (Å²) in [4.78, 5) is 17.4. The summed E-state index contributed by atoms with van der Waals surface area (Å²) >= 11 is 3.40. The molecule has 3 heterocycles. The highest BCUT2D eigenvalue weighted by Gasteiger charge is 2.14. The molecule has 1 aliphatic heterocycles. The fourth-order valence-corrected chi connectivity index (χ4v) is 4.75. The summed E-state index contributed by atoms with van der Waals surface area (Å²) < 4.78 is 7.47. The van der Waals surface area contributed by atoms with E-state index in [9.17, 15) is 4.79 Å². The Balaban J connectivity index is 1.42. The molecule has 2 aromatic carbocycles. The average Bonchev–Trinajstić information content (AvgIpc) is 3.38. The minimum Gasteiger partial charge on any atom is -0.481 e. The van der Waals surface area contributed by atoms with Gasteiger partial charge in [0.1, 0.15) is 16.7 Å². The molecular formula is C22H17N3O2S2. The van der Waals surface area contributed by atoms with Crippen LogP contribution in [0.2, 0.25) is 0 Å². The molecule has 1 aliphatic rings. The van der Waals surface area contributed by atoms with Crippen molar-refractivity contribution >= 4 is 35.0 Å². The zero-order valence-corrected chi connectivity index (χ0v) is 17.3. The lowest BCUT2D eigenvalue weighted by Gasteiger charge is -2.06. The first-order valence-electron chi connectivity index (χ1n) is 9.15. The molecule has 7 heteroatoms. The lowest BCUT2D eigenvalue weighted by atomic mass is 10.1. The van der Waals surface area contributed by atoms with E-state index in [0.29, 0.717) is 11.5 Å². The number of ketones is 1. The smallest absolute Gasteiger partial charge is 0.159 e. The maximum absolute atomic E-state index is 11.7. The summed E-state index contributed by atoms with van der Waals surface area (Å²) in [5.41, 5.74) is 4.46. The van der Waals surface area contributed by atoms with Crippen molar-refractivity contribution in [2.45, 2.75) is 22.6 Å². The molecule has 0 amide bonds. The van der Waals surface area contributed by atoms with Gasteiger partial charge in [-0.1, -0.05) is 47.8 Å². The second-order valence-corrected chi connectivity index (χ2v) is 8.66. The standard InChI is InChI=1S/C22H17N3O2S2/c1-14(26)16-3-2-4-17(10-16)18-11-23-21-7-8-22(24-25(18)21)28-12-15-5-6-20-19(9-15)27-13-29-20/h2-11H,12-13H2,1H3. The number of rotatable bonds is 5. The minimum atomic E-state index is 0.0431. The van der Waals surface area contributed by atoms with E-state index >= 15 is 0 Å². The van der Waals surface area contributed by atoms with Crippen LogP contribution in [-0.2, 0) is 5.75 Å². The lowest BCUT2D eigenvalue weighted by Crippen LogP contribution is -1.97. The van der Waals surface area contributed by atoms with Crippen molar-refractivity contribution < 1.29 is 9.53 Å². The predicted octanol–water partition coefficient (Wildman–Crippen LogP) is 5.33. The highest BCUT2D eigenvalue weighted by Crippen LogP contribution is 2.37. The fourth-order valence-electron chi connectivity index (χ4n) is 3.22. The van der Waals surface area contributed by atoms with Gasteiger partial charge in [0, 0.05) is 16.9 Å². The SMILES string of the molecule is CC(=O)c1cccc(-c2cnc3ccc(SCc4ccc5c(c4)OCS5)nn23)c1. The molecular weight excluding hydrogens is 402 g/mol. The molecule has 0 N–H and O–H groups in total. The second-order valence-electron chi connectivity index (χ2n) is 6.70. The van der Waals surface area contributed by atoms with Crippen molar-refractivity contribution in [2.24, 2.45) is 0 Å². The van der Waals surface area contributed by atoms with Gasteiger partial charge in [-0.15, -0.1) is 0 Å². The van der Waals surface area contributed by atoms with Crippen LogP contribution in [0.25, 0.3) is 16.9 Å². The molecule has 0 radical (unpaired) electrons. The third-order valence-electron chi connectivity index (χ3n) is 4.73. The molecule has 0 aliphatic carbocycles. The Labute approximate surface area is 176 Å². The molecule has 0 saturated heterocycles. The third-order valence-corrected chi connectivity index (χ3v) is 6.60. The number of fused-ring (bicyclic) bond motifs is 2. The third kappa shape index (κ3) is 3.63. The monoisotopic (exact) mass is 419 g/mol. The van der Waals surface area contributed by atoms with Crippen molar-refractivity contribution in [3.8, 4) is 17.0 Å². The quantitative estimate of drug-likeness (QED) is 0.322. The number of thioether (sulfide) groups is 2. The maximum Gasteiger partial charge on any atom is 0.159 e. The van der Waals surface area contributed by atoms with Crippen molar-refractivity contribution in [3.05, 3.63) is 71.9 Å². The number of carbonyl (C=O) groups is 1. The van der Waals surface area contributed by atoms with Crippen LogP contribution < -0.4 is 4.74 Å². The van der Waals surface area contributed by atoms with Crippen LogP contribution in [0.1, 0.15) is 22.8 Å². The zero-order chi connectivity index (χ0) is 19.8. The summed E-state index contributed by atoms with van der Waals surface area (Å²) in [5.74, 6) is 2.52. The number of hydrogen-bond acceptors (Lipinski definition) is 6. The highest BCUT2D eigenvalue weighted by atomic mass is 32.2. The number of nitrogens with zero attached hydrogens (tertiary/aromatic N) is 3. The van der Waals surface area contributed by atoms with Crippen molar-refractivity contribution in [1.82, 2.24) is 14.6 Å². The first-order chi connectivity index (χ1) is 14.2. The Morgan fingerprint density at radius 1 is 1.21 bits per heavy atom. The lowest BCUT2D eigenvalue weighted by molar-refractivity contribution is 0.101. The van der Waals surface area contributed by atoms with E-state index in [1.165, 1.54) is 10.5 Å². The largest absolute Gasteiger partial charge is 0.481 e. The predicted molar refractivity (Wildman–Crippen MR) is 116 cm³/mol. The summed E-state index contributed by atoms with van der Waals surface area (Å²) in [6, 6.07) is 17.9. The van der Waals surface area contributed by atoms with E-state index in [4.69, 9.17) is 9.84 Å². The van der Waals surface area contributed by atoms with E-state index in [0.717, 1.165) is 33.4 Å². The van der Waals surface area contributed by atoms with Gasteiger partial charge in [0.25, 0.3) is 0 Å². The number of hydrogen-bond donors (Lipinski definition) is 0. The molecule has 0 saturated carbocycles. The van der Waals surface area contributed by atoms with Crippen LogP contribution in [0, 0.1) is 0 Å². The number of Topliss-reactive ketones (excluding diaryl/α,β-unsaturated/α-hetero) is 1. The molecule has 5 rings (SSSR count). The Morgan fingerprint density at radius 2 is 2.14 bits per heavy atom. The summed E-state index contributed by atoms with van der Waals surface area (Å²) in [7, 11) is 0. The number of ether oxygens (including phenoxy) is 1. The molecule has 4 aromatic rings. The highest BCUT2D eigenvalue weighted by molar-refractivity contribution is 7.99. The minimum absolute atomic E-state index is 0.0431. The zero-order valence-electron chi connectivity index (χ0n) is 15.7. The van der Waals surface area contributed by atoms with Crippen molar-refractivity contribution in [1.29, 1.82) is 0 Å². The van der Waals surface area contributed by atoms with Crippen LogP contribution in [0.15, 0.2) is 70.7 Å². The molecule has 2 aromatic heterocycles. The van der Waals surface area contributed by atoms with Gasteiger partial charge in [0.05, 0.1) is 16.8 Å². The molecule has 29 heavy (non-hydrogen) atoms. The van der Waals surface area contributed by atoms with Crippen LogP contribution in [0.3, 0.4) is 0 Å². The molecule has 0 atom stereocenters. The van der Waals surface area contributed by atoms with Crippen molar-refractivity contribution in [3.63, 3.8) is 0 Å². The van der Waals surface area contributed by atoms with E-state index in [-0.39, 0.29) is 5.78 Å². The summed E-state index contributed by atoms with van der Waals surface area (Å²) in [5, 5.41) is 5.68. The summed E-state index contributed by atoms with van der Waals surface area (Å²) in [6.07, 6.45) is 1.80. The number of carbonyl (C=O) groups excluding carboxylic acids is 1.